The van der Waals surface area contributed by atoms with Gasteiger partial charge in [0.25, 0.3) is 5.88 Å². The van der Waals surface area contributed by atoms with Crippen molar-refractivity contribution in [2.24, 2.45) is 10.1 Å². The van der Waals surface area contributed by atoms with Gasteiger partial charge in [0.1, 0.15) is 12.1 Å². The summed E-state index contributed by atoms with van der Waals surface area (Å²) in [7, 11) is 1.84. The Morgan fingerprint density at radius 1 is 1.24 bits per heavy atom. The molecule has 0 spiro atoms. The van der Waals surface area contributed by atoms with E-state index < -0.39 is 0 Å². The van der Waals surface area contributed by atoms with E-state index in [0.717, 1.165) is 11.3 Å². The highest BCUT2D eigenvalue weighted by atomic mass is 16.5. The molecule has 2 aromatic rings. The maximum absolute atomic E-state index is 12.2. The third kappa shape index (κ3) is 6.00. The number of nitrogens with zero attached hydrogens (tertiary/aromatic N) is 5. The van der Waals surface area contributed by atoms with Gasteiger partial charge in [0.05, 0.1) is 11.9 Å². The molecule has 29 heavy (non-hydrogen) atoms. The summed E-state index contributed by atoms with van der Waals surface area (Å²) in [6.07, 6.45) is 10.1. The number of rotatable bonds is 6. The molecule has 1 aliphatic rings. The molecule has 0 saturated heterocycles. The third-order valence-corrected chi connectivity index (χ3v) is 3.98. The van der Waals surface area contributed by atoms with E-state index in [1.807, 2.05) is 64.4 Å². The summed E-state index contributed by atoms with van der Waals surface area (Å²) in [6.45, 7) is 9.47. The van der Waals surface area contributed by atoms with Crippen LogP contribution in [0.3, 0.4) is 0 Å². The fourth-order valence-corrected chi connectivity index (χ4v) is 2.49. The Morgan fingerprint density at radius 3 is 2.59 bits per heavy atom. The fourth-order valence-electron chi connectivity index (χ4n) is 2.49. The van der Waals surface area contributed by atoms with Crippen molar-refractivity contribution in [2.75, 3.05) is 7.05 Å². The summed E-state index contributed by atoms with van der Waals surface area (Å²) in [6, 6.07) is 8.86. The molecule has 2 unspecified atom stereocenters. The van der Waals surface area contributed by atoms with E-state index in [9.17, 15) is 4.79 Å². The first kappa shape index (κ1) is 21.8. The molecule has 0 fully saturated rings. The smallest absolute Gasteiger partial charge is 0.280 e. The Kier molecular flexibility index (Phi) is 8.09. The molecule has 0 N–H and O–H groups in total. The molecule has 1 aromatic carbocycles. The first-order valence-electron chi connectivity index (χ1n) is 9.53. The highest BCUT2D eigenvalue weighted by molar-refractivity contribution is 5.73. The molecule has 0 bridgehead atoms. The molecular formula is C22H27N5O2. The molecule has 2 heterocycles. The number of hydrazone groups is 1. The molecule has 152 valence electrons. The maximum atomic E-state index is 12.2. The molecule has 7 heteroatoms. The Labute approximate surface area is 171 Å². The van der Waals surface area contributed by atoms with E-state index in [-0.39, 0.29) is 23.5 Å². The fraction of sp³-hybridized carbons (Fsp3) is 0.273. The van der Waals surface area contributed by atoms with Gasteiger partial charge in [0, 0.05) is 31.7 Å². The lowest BCUT2D eigenvalue weighted by molar-refractivity contribution is 0.209. The number of benzene rings is 1. The van der Waals surface area contributed by atoms with Crippen molar-refractivity contribution < 1.29 is 4.74 Å². The monoisotopic (exact) mass is 393 g/mol. The van der Waals surface area contributed by atoms with Gasteiger partial charge in [0.2, 0.25) is 5.43 Å². The van der Waals surface area contributed by atoms with E-state index in [0.29, 0.717) is 0 Å². The van der Waals surface area contributed by atoms with Crippen LogP contribution >= 0.6 is 0 Å². The molecule has 0 radical (unpaired) electrons. The third-order valence-electron chi connectivity index (χ3n) is 3.98. The number of ether oxygens (including phenoxy) is 1. The topological polar surface area (TPSA) is 72.1 Å². The Morgan fingerprint density at radius 2 is 1.97 bits per heavy atom. The number of aromatic nitrogens is 2. The number of aliphatic imine (C=N–C) groups is 1. The number of hydrogen-bond acceptors (Lipinski definition) is 6. The molecule has 3 rings (SSSR count). The average molecular weight is 393 g/mol. The van der Waals surface area contributed by atoms with Crippen LogP contribution < -0.4 is 10.2 Å². The van der Waals surface area contributed by atoms with Gasteiger partial charge in [-0.15, -0.1) is 5.10 Å². The molecule has 2 atom stereocenters. The highest BCUT2D eigenvalue weighted by Gasteiger charge is 2.14. The Bertz CT molecular complexity index is 930. The minimum Gasteiger partial charge on any atom is -0.466 e. The lowest BCUT2D eigenvalue weighted by Crippen LogP contribution is -2.22. The van der Waals surface area contributed by atoms with Crippen LogP contribution in [0.4, 0.5) is 5.69 Å². The summed E-state index contributed by atoms with van der Waals surface area (Å²) in [5.41, 5.74) is 1.48. The van der Waals surface area contributed by atoms with Gasteiger partial charge in [0.15, 0.2) is 0 Å². The van der Waals surface area contributed by atoms with Gasteiger partial charge < -0.3 is 4.74 Å². The zero-order valence-electron chi connectivity index (χ0n) is 17.3. The van der Waals surface area contributed by atoms with Crippen LogP contribution in [0.1, 0.15) is 38.5 Å². The quantitative estimate of drug-likeness (QED) is 0.687. The lowest BCUT2D eigenvalue weighted by atomic mass is 10.1. The van der Waals surface area contributed by atoms with E-state index in [2.05, 4.69) is 21.8 Å². The van der Waals surface area contributed by atoms with Crippen molar-refractivity contribution in [3.8, 4) is 5.88 Å². The van der Waals surface area contributed by atoms with Crippen LogP contribution in [0.5, 0.6) is 5.88 Å². The van der Waals surface area contributed by atoms with Crippen LogP contribution in [0.15, 0.2) is 76.3 Å². The average Bonchev–Trinajstić information content (AvgIpc) is 2.76. The van der Waals surface area contributed by atoms with Crippen molar-refractivity contribution >= 4 is 18.1 Å². The molecule has 0 aliphatic carbocycles. The standard InChI is InChI=1S/C20H21N5O2.C2H6/c1-4-11-21-17-7-5-16(6-8-17)15(2)27-20-19(26)10-13-25(23-20)18-9-12-24(3)22-14-18;1-2/h4-15,18H,1H2,2-3H3;1-2H3. The summed E-state index contributed by atoms with van der Waals surface area (Å²) in [4.78, 5) is 16.4. The van der Waals surface area contributed by atoms with Crippen LogP contribution in [0.25, 0.3) is 0 Å². The van der Waals surface area contributed by atoms with E-state index in [1.165, 1.54) is 6.07 Å². The number of hydrogen-bond donors (Lipinski definition) is 0. The van der Waals surface area contributed by atoms with Gasteiger partial charge in [-0.3, -0.25) is 19.5 Å². The maximum Gasteiger partial charge on any atom is 0.280 e. The van der Waals surface area contributed by atoms with Gasteiger partial charge in [-0.1, -0.05) is 38.6 Å². The Balaban J connectivity index is 0.00000145. The molecule has 7 nitrogen and oxygen atoms in total. The van der Waals surface area contributed by atoms with Gasteiger partial charge in [-0.05, 0) is 30.7 Å². The van der Waals surface area contributed by atoms with Crippen molar-refractivity contribution in [3.05, 3.63) is 77.2 Å². The predicted molar refractivity (Wildman–Crippen MR) is 118 cm³/mol. The largest absolute Gasteiger partial charge is 0.466 e. The van der Waals surface area contributed by atoms with Gasteiger partial charge in [-0.25, -0.2) is 0 Å². The van der Waals surface area contributed by atoms with Crippen molar-refractivity contribution in [1.82, 2.24) is 14.8 Å². The Hall–Kier alpha value is -3.48. The normalized spacial score (nSPS) is 16.3. The van der Waals surface area contributed by atoms with Crippen molar-refractivity contribution in [1.29, 1.82) is 0 Å². The minimum atomic E-state index is -0.333. The second-order valence-corrected chi connectivity index (χ2v) is 6.00. The minimum absolute atomic E-state index is 0.0551. The highest BCUT2D eigenvalue weighted by Crippen LogP contribution is 2.21. The zero-order valence-corrected chi connectivity index (χ0v) is 17.3. The van der Waals surface area contributed by atoms with Crippen LogP contribution in [0, 0.1) is 0 Å². The van der Waals surface area contributed by atoms with E-state index in [1.54, 1.807) is 34.4 Å². The summed E-state index contributed by atoms with van der Waals surface area (Å²) in [5, 5.41) is 10.2. The van der Waals surface area contributed by atoms with Crippen molar-refractivity contribution in [2.45, 2.75) is 32.9 Å². The summed E-state index contributed by atoms with van der Waals surface area (Å²) >= 11 is 0. The molecule has 0 amide bonds. The SMILES string of the molecule is C=CC=Nc1ccc(C(C)Oc2nn(C3C=CN(C)N=C3)ccc2=O)cc1.CC. The molecular weight excluding hydrogens is 366 g/mol. The first-order chi connectivity index (χ1) is 14.1. The molecule has 1 aliphatic heterocycles. The number of allylic oxidation sites excluding steroid dienone is 2. The summed E-state index contributed by atoms with van der Waals surface area (Å²) < 4.78 is 7.47. The second-order valence-electron chi connectivity index (χ2n) is 6.00. The molecule has 0 saturated carbocycles. The lowest BCUT2D eigenvalue weighted by Gasteiger charge is -2.19. The first-order valence-corrected chi connectivity index (χ1v) is 9.53. The van der Waals surface area contributed by atoms with Crippen LogP contribution in [-0.2, 0) is 0 Å². The van der Waals surface area contributed by atoms with Gasteiger partial charge >= 0.3 is 0 Å². The second kappa shape index (κ2) is 10.8. The predicted octanol–water partition coefficient (Wildman–Crippen LogP) is 4.28. The van der Waals surface area contributed by atoms with Gasteiger partial charge in [-0.2, -0.15) is 5.10 Å². The van der Waals surface area contributed by atoms with E-state index >= 15 is 0 Å². The summed E-state index contributed by atoms with van der Waals surface area (Å²) in [5.74, 6) is 0.0551. The van der Waals surface area contributed by atoms with Crippen LogP contribution in [0.2, 0.25) is 0 Å². The zero-order chi connectivity index (χ0) is 21.2. The van der Waals surface area contributed by atoms with Crippen molar-refractivity contribution in [3.63, 3.8) is 0 Å². The van der Waals surface area contributed by atoms with E-state index in [4.69, 9.17) is 4.74 Å². The molecule has 1 aromatic heterocycles. The van der Waals surface area contributed by atoms with Crippen LogP contribution in [-0.4, -0.2) is 34.3 Å².